The topological polar surface area (TPSA) is 75.0 Å². The maximum Gasteiger partial charge on any atom is 0.155 e. The van der Waals surface area contributed by atoms with Crippen molar-refractivity contribution in [2.45, 2.75) is 18.1 Å². The number of nitriles is 1. The van der Waals surface area contributed by atoms with Gasteiger partial charge >= 0.3 is 0 Å². The van der Waals surface area contributed by atoms with Gasteiger partial charge in [-0.1, -0.05) is 19.1 Å². The van der Waals surface area contributed by atoms with E-state index in [4.69, 9.17) is 5.26 Å². The van der Waals surface area contributed by atoms with Gasteiger partial charge in [-0.3, -0.25) is 0 Å². The van der Waals surface area contributed by atoms with Crippen LogP contribution in [0.5, 0.6) is 0 Å². The van der Waals surface area contributed by atoms with Gasteiger partial charge < -0.3 is 4.79 Å². The van der Waals surface area contributed by atoms with Crippen LogP contribution in [-0.2, 0) is 14.6 Å². The van der Waals surface area contributed by atoms with Crippen LogP contribution in [0, 0.1) is 22.6 Å². The van der Waals surface area contributed by atoms with Crippen LogP contribution < -0.4 is 0 Å². The molecule has 4 nitrogen and oxygen atoms in total. The fourth-order valence-electron chi connectivity index (χ4n) is 2.48. The smallest absolute Gasteiger partial charge is 0.155 e. The van der Waals surface area contributed by atoms with E-state index in [9.17, 15) is 17.6 Å². The number of nitrogens with zero attached hydrogens (tertiary/aromatic N) is 1. The largest absolute Gasteiger partial charge is 0.302 e. The number of hydrogen-bond acceptors (Lipinski definition) is 4. The summed E-state index contributed by atoms with van der Waals surface area (Å²) in [4.78, 5) is 11.2. The zero-order chi connectivity index (χ0) is 14.3. The van der Waals surface area contributed by atoms with Crippen LogP contribution in [0.15, 0.2) is 24.3 Å². The van der Waals surface area contributed by atoms with E-state index in [-0.39, 0.29) is 5.75 Å². The van der Waals surface area contributed by atoms with Crippen LogP contribution >= 0.6 is 0 Å². The molecule has 1 aromatic carbocycles. The van der Waals surface area contributed by atoms with Crippen molar-refractivity contribution in [3.8, 4) is 6.07 Å². The zero-order valence-corrected chi connectivity index (χ0v) is 11.0. The van der Waals surface area contributed by atoms with E-state index in [0.717, 1.165) is 0 Å². The summed E-state index contributed by atoms with van der Waals surface area (Å²) in [5, 5.41) is 8.12. The third-order valence-electron chi connectivity index (χ3n) is 3.59. The summed E-state index contributed by atoms with van der Waals surface area (Å²) < 4.78 is 36.8. The van der Waals surface area contributed by atoms with Crippen molar-refractivity contribution in [2.24, 2.45) is 5.41 Å². The van der Waals surface area contributed by atoms with Gasteiger partial charge in [-0.25, -0.2) is 12.8 Å². The van der Waals surface area contributed by atoms with Gasteiger partial charge in [-0.05, 0) is 17.7 Å². The first-order valence-electron chi connectivity index (χ1n) is 5.77. The molecule has 0 bridgehead atoms. The summed E-state index contributed by atoms with van der Waals surface area (Å²) in [6, 6.07) is 7.03. The molecule has 3 atom stereocenters. The van der Waals surface area contributed by atoms with Gasteiger partial charge in [0.2, 0.25) is 0 Å². The summed E-state index contributed by atoms with van der Waals surface area (Å²) in [6.07, 6.45) is 0.402. The molecule has 100 valence electrons. The van der Waals surface area contributed by atoms with Crippen molar-refractivity contribution < 1.29 is 17.6 Å². The Bertz CT molecular complexity index is 647. The molecule has 0 amide bonds. The number of halogens is 1. The van der Waals surface area contributed by atoms with E-state index in [1.807, 2.05) is 6.07 Å². The first kappa shape index (κ1) is 13.7. The lowest BCUT2D eigenvalue weighted by molar-refractivity contribution is -0.110. The van der Waals surface area contributed by atoms with Gasteiger partial charge in [0, 0.05) is 11.7 Å². The molecule has 1 aliphatic carbocycles. The number of benzene rings is 1. The van der Waals surface area contributed by atoms with Crippen LogP contribution in [0.25, 0.3) is 0 Å². The van der Waals surface area contributed by atoms with Crippen LogP contribution in [-0.4, -0.2) is 25.7 Å². The Morgan fingerprint density at radius 2 is 2.00 bits per heavy atom. The Morgan fingerprint density at radius 3 is 2.42 bits per heavy atom. The second kappa shape index (κ2) is 4.42. The number of sulfone groups is 1. The summed E-state index contributed by atoms with van der Waals surface area (Å²) in [7, 11) is -3.51. The molecule has 0 spiro atoms. The van der Waals surface area contributed by atoms with Gasteiger partial charge in [0.05, 0.1) is 11.3 Å². The van der Waals surface area contributed by atoms with Crippen LogP contribution in [0.4, 0.5) is 4.39 Å². The molecule has 0 saturated heterocycles. The zero-order valence-electron chi connectivity index (χ0n) is 10.2. The van der Waals surface area contributed by atoms with Crippen molar-refractivity contribution in [3.63, 3.8) is 0 Å². The Labute approximate surface area is 110 Å². The Kier molecular flexibility index (Phi) is 3.19. The number of aldehydes is 1. The molecular weight excluding hydrogens is 269 g/mol. The van der Waals surface area contributed by atoms with E-state index in [2.05, 4.69) is 0 Å². The van der Waals surface area contributed by atoms with Crippen LogP contribution in [0.1, 0.15) is 18.4 Å². The van der Waals surface area contributed by atoms with E-state index in [0.29, 0.717) is 11.8 Å². The average Bonchev–Trinajstić information content (AvgIpc) is 3.10. The van der Waals surface area contributed by atoms with Crippen molar-refractivity contribution in [3.05, 3.63) is 35.6 Å². The normalized spacial score (nSPS) is 29.5. The molecule has 1 fully saturated rings. The minimum atomic E-state index is -3.51. The third-order valence-corrected chi connectivity index (χ3v) is 5.83. The Morgan fingerprint density at radius 1 is 1.42 bits per heavy atom. The predicted molar refractivity (Wildman–Crippen MR) is 66.5 cm³/mol. The summed E-state index contributed by atoms with van der Waals surface area (Å²) in [6.45, 7) is 1.47. The molecule has 0 N–H and O–H groups in total. The SMILES string of the molecule is CCS(=O)(=O)[C@H]1[C@@H](c2ccc(F)cc2)[C@@]1(C#N)C=O. The highest BCUT2D eigenvalue weighted by atomic mass is 32.2. The van der Waals surface area contributed by atoms with E-state index < -0.39 is 32.2 Å². The second-order valence-corrected chi connectivity index (χ2v) is 6.97. The van der Waals surface area contributed by atoms with Crippen molar-refractivity contribution in [1.82, 2.24) is 0 Å². The highest BCUT2D eigenvalue weighted by Crippen LogP contribution is 2.61. The summed E-state index contributed by atoms with van der Waals surface area (Å²) >= 11 is 0. The lowest BCUT2D eigenvalue weighted by Gasteiger charge is -1.99. The van der Waals surface area contributed by atoms with E-state index >= 15 is 0 Å². The molecule has 0 radical (unpaired) electrons. The van der Waals surface area contributed by atoms with Gasteiger partial charge in [0.15, 0.2) is 9.84 Å². The molecule has 0 aliphatic heterocycles. The fraction of sp³-hybridized carbons (Fsp3) is 0.385. The van der Waals surface area contributed by atoms with Crippen molar-refractivity contribution in [2.75, 3.05) is 5.75 Å². The Hall–Kier alpha value is -1.74. The van der Waals surface area contributed by atoms with E-state index in [1.165, 1.54) is 31.2 Å². The molecule has 1 aliphatic rings. The molecule has 1 aromatic rings. The number of hydrogen-bond donors (Lipinski definition) is 0. The van der Waals surface area contributed by atoms with Crippen LogP contribution in [0.2, 0.25) is 0 Å². The molecule has 6 heteroatoms. The standard InChI is InChI=1S/C13H12FNO3S/c1-2-19(17,18)12-11(13(12,7-15)8-16)9-3-5-10(14)6-4-9/h3-6,8,11-12H,2H2,1H3/t11-,12+,13-/m1/s1. The first-order chi connectivity index (χ1) is 8.93. The quantitative estimate of drug-likeness (QED) is 0.782. The van der Waals surface area contributed by atoms with Gasteiger partial charge in [-0.2, -0.15) is 5.26 Å². The molecule has 0 aromatic heterocycles. The number of carbonyl (C=O) groups is 1. The lowest BCUT2D eigenvalue weighted by atomic mass is 10.0. The minimum Gasteiger partial charge on any atom is -0.302 e. The molecular formula is C13H12FNO3S. The van der Waals surface area contributed by atoms with Crippen molar-refractivity contribution in [1.29, 1.82) is 5.26 Å². The van der Waals surface area contributed by atoms with Gasteiger partial charge in [-0.15, -0.1) is 0 Å². The molecule has 0 unspecified atom stereocenters. The highest BCUT2D eigenvalue weighted by Gasteiger charge is 2.72. The Balaban J connectivity index is 2.49. The summed E-state index contributed by atoms with van der Waals surface area (Å²) in [5.74, 6) is -1.29. The highest BCUT2D eigenvalue weighted by molar-refractivity contribution is 7.92. The third kappa shape index (κ3) is 1.94. The monoisotopic (exact) mass is 281 g/mol. The number of rotatable bonds is 4. The maximum absolute atomic E-state index is 12.9. The van der Waals surface area contributed by atoms with Gasteiger partial charge in [0.25, 0.3) is 0 Å². The predicted octanol–water partition coefficient (Wildman–Crippen LogP) is 1.44. The fourth-order valence-corrected chi connectivity index (χ4v) is 4.41. The number of carbonyl (C=O) groups excluding carboxylic acids is 1. The minimum absolute atomic E-state index is 0.132. The molecule has 2 rings (SSSR count). The molecule has 19 heavy (non-hydrogen) atoms. The first-order valence-corrected chi connectivity index (χ1v) is 7.49. The maximum atomic E-state index is 12.9. The average molecular weight is 281 g/mol. The molecule has 0 heterocycles. The molecule has 1 saturated carbocycles. The summed E-state index contributed by atoms with van der Waals surface area (Å²) in [5.41, 5.74) is -1.04. The van der Waals surface area contributed by atoms with Gasteiger partial charge in [0.1, 0.15) is 17.5 Å². The van der Waals surface area contributed by atoms with Crippen molar-refractivity contribution >= 4 is 16.1 Å². The van der Waals surface area contributed by atoms with E-state index in [1.54, 1.807) is 0 Å². The second-order valence-electron chi connectivity index (χ2n) is 4.56. The van der Waals surface area contributed by atoms with Crippen LogP contribution in [0.3, 0.4) is 0 Å². The lowest BCUT2D eigenvalue weighted by Crippen LogP contribution is -2.17.